The van der Waals surface area contributed by atoms with Crippen molar-refractivity contribution < 1.29 is 0 Å². The molecule has 2 heteroatoms. The zero-order valence-corrected chi connectivity index (χ0v) is 6.94. The van der Waals surface area contributed by atoms with Crippen molar-refractivity contribution in [3.63, 3.8) is 0 Å². The molecule has 0 aliphatic rings. The van der Waals surface area contributed by atoms with Gasteiger partial charge < -0.3 is 0 Å². The topological polar surface area (TPSA) is 23.8 Å². The van der Waals surface area contributed by atoms with Crippen molar-refractivity contribution in [1.29, 1.82) is 5.26 Å². The second-order valence-corrected chi connectivity index (χ2v) is 2.52. The molecule has 10 heavy (non-hydrogen) atoms. The van der Waals surface area contributed by atoms with Gasteiger partial charge >= 0.3 is 0 Å². The molecule has 0 fully saturated rings. The van der Waals surface area contributed by atoms with Gasteiger partial charge in [-0.25, -0.2) is 0 Å². The van der Waals surface area contributed by atoms with Crippen LogP contribution in [0.2, 0.25) is 0 Å². The van der Waals surface area contributed by atoms with Crippen molar-refractivity contribution in [3.8, 4) is 6.07 Å². The molecule has 0 saturated carbocycles. The molecule has 0 aliphatic carbocycles. The van der Waals surface area contributed by atoms with Crippen LogP contribution in [0.25, 0.3) is 0 Å². The van der Waals surface area contributed by atoms with E-state index < -0.39 is 0 Å². The van der Waals surface area contributed by atoms with E-state index >= 15 is 0 Å². The first-order valence-corrected chi connectivity index (χ1v) is 3.42. The van der Waals surface area contributed by atoms with E-state index in [9.17, 15) is 0 Å². The normalized spacial score (nSPS) is 9.40. The molecule has 0 aliphatic heterocycles. The smallest absolute Gasteiger partial charge is 0.0663 e. The molecule has 0 unspecified atom stereocenters. The molecule has 0 aromatic carbocycles. The molecule has 0 bridgehead atoms. The van der Waals surface area contributed by atoms with E-state index in [2.05, 4.69) is 0 Å². The maximum Gasteiger partial charge on any atom is 0.0663 e. The summed E-state index contributed by atoms with van der Waals surface area (Å²) in [6, 6.07) is 1.99. The molecule has 0 aromatic heterocycles. The zero-order valence-electron chi connectivity index (χ0n) is 6.19. The minimum absolute atomic E-state index is 0.420. The first-order valence-electron chi connectivity index (χ1n) is 3.05. The standard InChI is InChI=1S/C8H10ClN/c1-7(2)8(9)5-3-4-6-10/h3,5H,4H2,1-2H3/b5-3+. The molecule has 0 amide bonds. The van der Waals surface area contributed by atoms with Gasteiger partial charge in [0.25, 0.3) is 0 Å². The molecule has 1 nitrogen and oxygen atoms in total. The van der Waals surface area contributed by atoms with E-state index in [1.807, 2.05) is 19.9 Å². The maximum atomic E-state index is 8.16. The van der Waals surface area contributed by atoms with E-state index in [-0.39, 0.29) is 0 Å². The summed E-state index contributed by atoms with van der Waals surface area (Å²) in [6.45, 7) is 3.86. The summed E-state index contributed by atoms with van der Waals surface area (Å²) >= 11 is 5.73. The second-order valence-electron chi connectivity index (χ2n) is 2.11. The fraction of sp³-hybridized carbons (Fsp3) is 0.375. The van der Waals surface area contributed by atoms with Gasteiger partial charge in [0.1, 0.15) is 0 Å². The molecule has 0 heterocycles. The van der Waals surface area contributed by atoms with Crippen LogP contribution in [-0.4, -0.2) is 0 Å². The lowest BCUT2D eigenvalue weighted by atomic mass is 10.3. The van der Waals surface area contributed by atoms with Crippen LogP contribution < -0.4 is 0 Å². The highest BCUT2D eigenvalue weighted by Crippen LogP contribution is 2.09. The third-order valence-electron chi connectivity index (χ3n) is 0.951. The number of hydrogen-bond acceptors (Lipinski definition) is 1. The summed E-state index contributed by atoms with van der Waals surface area (Å²) in [5.41, 5.74) is 1.07. The lowest BCUT2D eigenvalue weighted by Gasteiger charge is -1.89. The number of hydrogen-bond donors (Lipinski definition) is 0. The van der Waals surface area contributed by atoms with Crippen molar-refractivity contribution in [2.75, 3.05) is 0 Å². The molecule has 0 radical (unpaired) electrons. The Kier molecular flexibility index (Phi) is 4.70. The third kappa shape index (κ3) is 4.17. The molecule has 0 N–H and O–H groups in total. The summed E-state index contributed by atoms with van der Waals surface area (Å²) in [4.78, 5) is 0. The SMILES string of the molecule is CC(C)=C(Cl)/C=C/CC#N. The van der Waals surface area contributed by atoms with Gasteiger partial charge in [0.05, 0.1) is 12.5 Å². The average Bonchev–Trinajstić information content (AvgIpc) is 1.88. The van der Waals surface area contributed by atoms with E-state index in [4.69, 9.17) is 16.9 Å². The Morgan fingerprint density at radius 2 is 2.20 bits per heavy atom. The predicted molar refractivity (Wildman–Crippen MR) is 43.6 cm³/mol. The first kappa shape index (κ1) is 9.26. The number of rotatable bonds is 2. The minimum Gasteiger partial charge on any atom is -0.198 e. The van der Waals surface area contributed by atoms with Gasteiger partial charge in [-0.15, -0.1) is 0 Å². The van der Waals surface area contributed by atoms with Crippen molar-refractivity contribution in [2.45, 2.75) is 20.3 Å². The van der Waals surface area contributed by atoms with Crippen LogP contribution in [0, 0.1) is 11.3 Å². The molecule has 0 saturated heterocycles. The Morgan fingerprint density at radius 3 is 2.60 bits per heavy atom. The van der Waals surface area contributed by atoms with Crippen molar-refractivity contribution >= 4 is 11.6 Å². The molecule has 54 valence electrons. The summed E-state index contributed by atoms with van der Waals surface area (Å²) in [6.07, 6.45) is 3.92. The number of allylic oxidation sites excluding steroid dienone is 4. The summed E-state index contributed by atoms with van der Waals surface area (Å²) in [5, 5.41) is 8.88. The van der Waals surface area contributed by atoms with Crippen LogP contribution in [0.15, 0.2) is 22.8 Å². The third-order valence-corrected chi connectivity index (χ3v) is 1.45. The van der Waals surface area contributed by atoms with Crippen LogP contribution in [0.1, 0.15) is 20.3 Å². The monoisotopic (exact) mass is 155 g/mol. The van der Waals surface area contributed by atoms with Gasteiger partial charge in [0.2, 0.25) is 0 Å². The van der Waals surface area contributed by atoms with E-state index in [0.29, 0.717) is 6.42 Å². The van der Waals surface area contributed by atoms with Gasteiger partial charge in [-0.3, -0.25) is 0 Å². The Bertz CT molecular complexity index is 192. The van der Waals surface area contributed by atoms with E-state index in [1.54, 1.807) is 12.2 Å². The molecule has 0 aromatic rings. The highest BCUT2D eigenvalue weighted by Gasteiger charge is 1.85. The van der Waals surface area contributed by atoms with Gasteiger partial charge in [-0.2, -0.15) is 5.26 Å². The first-order chi connectivity index (χ1) is 4.68. The quantitative estimate of drug-likeness (QED) is 0.563. The molecule has 0 atom stereocenters. The summed E-state index contributed by atoms with van der Waals surface area (Å²) in [7, 11) is 0. The predicted octanol–water partition coefficient (Wildman–Crippen LogP) is 2.99. The van der Waals surface area contributed by atoms with Crippen LogP contribution in [-0.2, 0) is 0 Å². The van der Waals surface area contributed by atoms with Crippen LogP contribution in [0.5, 0.6) is 0 Å². The fourth-order valence-corrected chi connectivity index (χ4v) is 0.471. The van der Waals surface area contributed by atoms with Crippen molar-refractivity contribution in [1.82, 2.24) is 0 Å². The van der Waals surface area contributed by atoms with Crippen molar-refractivity contribution in [2.24, 2.45) is 0 Å². The lowest BCUT2D eigenvalue weighted by molar-refractivity contribution is 1.33. The number of nitrogens with zero attached hydrogens (tertiary/aromatic N) is 1. The highest BCUT2D eigenvalue weighted by molar-refractivity contribution is 6.31. The Hall–Kier alpha value is -0.740. The van der Waals surface area contributed by atoms with E-state index in [1.165, 1.54) is 0 Å². The zero-order chi connectivity index (χ0) is 7.98. The van der Waals surface area contributed by atoms with Gasteiger partial charge in [-0.05, 0) is 19.9 Å². The van der Waals surface area contributed by atoms with Crippen molar-refractivity contribution in [3.05, 3.63) is 22.8 Å². The molecule has 0 rings (SSSR count). The molecular formula is C8H10ClN. The maximum absolute atomic E-state index is 8.16. The summed E-state index contributed by atoms with van der Waals surface area (Å²) in [5.74, 6) is 0. The Balaban J connectivity index is 3.93. The fourth-order valence-electron chi connectivity index (χ4n) is 0.382. The van der Waals surface area contributed by atoms with Gasteiger partial charge in [0.15, 0.2) is 0 Å². The number of halogens is 1. The summed E-state index contributed by atoms with van der Waals surface area (Å²) < 4.78 is 0. The second kappa shape index (κ2) is 5.08. The molecular weight excluding hydrogens is 146 g/mol. The van der Waals surface area contributed by atoms with E-state index in [0.717, 1.165) is 10.6 Å². The highest BCUT2D eigenvalue weighted by atomic mass is 35.5. The Morgan fingerprint density at radius 1 is 1.60 bits per heavy atom. The minimum atomic E-state index is 0.420. The average molecular weight is 156 g/mol. The lowest BCUT2D eigenvalue weighted by Crippen LogP contribution is -1.68. The molecule has 0 spiro atoms. The van der Waals surface area contributed by atoms with Gasteiger partial charge in [-0.1, -0.05) is 23.3 Å². The van der Waals surface area contributed by atoms with Crippen LogP contribution >= 0.6 is 11.6 Å². The van der Waals surface area contributed by atoms with Gasteiger partial charge in [0, 0.05) is 5.03 Å². The largest absolute Gasteiger partial charge is 0.198 e. The van der Waals surface area contributed by atoms with Crippen LogP contribution in [0.3, 0.4) is 0 Å². The number of nitriles is 1. The van der Waals surface area contributed by atoms with Crippen LogP contribution in [0.4, 0.5) is 0 Å². The Labute approximate surface area is 66.6 Å².